The molecule has 0 aliphatic carbocycles. The summed E-state index contributed by atoms with van der Waals surface area (Å²) in [5, 5.41) is 3.37. The second-order valence-corrected chi connectivity index (χ2v) is 3.42. The van der Waals surface area contributed by atoms with E-state index >= 15 is 0 Å². The lowest BCUT2D eigenvalue weighted by Crippen LogP contribution is -2.18. The van der Waals surface area contributed by atoms with E-state index in [1.54, 1.807) is 12.4 Å². The molecule has 0 aliphatic rings. The standard InChI is InChI=1S/C11H14N4/c1-9(10-3-2-4-12-7-10)15-8-11-13-5-6-14-11/h2-7,9,15H,8H2,1H3,(H,13,14)/t9-/m0/s1. The molecule has 0 spiro atoms. The second-order valence-electron chi connectivity index (χ2n) is 3.42. The van der Waals surface area contributed by atoms with Gasteiger partial charge in [-0.2, -0.15) is 0 Å². The molecule has 1 atom stereocenters. The molecule has 2 aromatic heterocycles. The smallest absolute Gasteiger partial charge is 0.120 e. The van der Waals surface area contributed by atoms with Crippen LogP contribution in [0, 0.1) is 0 Å². The fourth-order valence-corrected chi connectivity index (χ4v) is 1.39. The Morgan fingerprint density at radius 2 is 2.40 bits per heavy atom. The predicted octanol–water partition coefficient (Wildman–Crippen LogP) is 1.66. The first-order valence-corrected chi connectivity index (χ1v) is 4.98. The first-order valence-electron chi connectivity index (χ1n) is 4.98. The van der Waals surface area contributed by atoms with Gasteiger partial charge in [0.05, 0.1) is 6.54 Å². The van der Waals surface area contributed by atoms with Gasteiger partial charge in [0, 0.05) is 30.8 Å². The van der Waals surface area contributed by atoms with Crippen LogP contribution in [-0.2, 0) is 6.54 Å². The maximum Gasteiger partial charge on any atom is 0.120 e. The Bertz CT molecular complexity index is 382. The monoisotopic (exact) mass is 202 g/mol. The number of hydrogen-bond donors (Lipinski definition) is 2. The van der Waals surface area contributed by atoms with Crippen molar-refractivity contribution in [3.63, 3.8) is 0 Å². The minimum absolute atomic E-state index is 0.281. The summed E-state index contributed by atoms with van der Waals surface area (Å²) in [7, 11) is 0. The van der Waals surface area contributed by atoms with Gasteiger partial charge in [0.15, 0.2) is 0 Å². The Kier molecular flexibility index (Phi) is 3.09. The van der Waals surface area contributed by atoms with Gasteiger partial charge < -0.3 is 10.3 Å². The van der Waals surface area contributed by atoms with Gasteiger partial charge in [0.2, 0.25) is 0 Å². The van der Waals surface area contributed by atoms with Crippen LogP contribution >= 0.6 is 0 Å². The number of aromatic amines is 1. The van der Waals surface area contributed by atoms with Crippen LogP contribution in [0.4, 0.5) is 0 Å². The SMILES string of the molecule is C[C@H](NCc1ncc[nH]1)c1cccnc1. The molecular weight excluding hydrogens is 188 g/mol. The number of nitrogens with zero attached hydrogens (tertiary/aromatic N) is 2. The number of imidazole rings is 1. The van der Waals surface area contributed by atoms with Gasteiger partial charge in [-0.1, -0.05) is 6.07 Å². The van der Waals surface area contributed by atoms with Crippen molar-refractivity contribution in [2.45, 2.75) is 19.5 Å². The van der Waals surface area contributed by atoms with Crippen molar-refractivity contribution in [1.29, 1.82) is 0 Å². The van der Waals surface area contributed by atoms with Gasteiger partial charge >= 0.3 is 0 Å². The first kappa shape index (κ1) is 9.86. The molecule has 4 heteroatoms. The van der Waals surface area contributed by atoms with Crippen molar-refractivity contribution < 1.29 is 0 Å². The zero-order valence-electron chi connectivity index (χ0n) is 8.64. The number of H-pyrrole nitrogens is 1. The zero-order valence-corrected chi connectivity index (χ0v) is 8.64. The van der Waals surface area contributed by atoms with Crippen molar-refractivity contribution >= 4 is 0 Å². The van der Waals surface area contributed by atoms with Crippen LogP contribution in [-0.4, -0.2) is 15.0 Å². The van der Waals surface area contributed by atoms with Crippen LogP contribution < -0.4 is 5.32 Å². The summed E-state index contributed by atoms with van der Waals surface area (Å²) in [6.45, 7) is 2.85. The van der Waals surface area contributed by atoms with E-state index < -0.39 is 0 Å². The molecule has 2 N–H and O–H groups in total. The Labute approximate surface area is 88.8 Å². The number of pyridine rings is 1. The second kappa shape index (κ2) is 4.70. The molecule has 0 saturated heterocycles. The van der Waals surface area contributed by atoms with Crippen molar-refractivity contribution in [2.75, 3.05) is 0 Å². The molecule has 0 radical (unpaired) electrons. The summed E-state index contributed by atoms with van der Waals surface area (Å²) in [6, 6.07) is 4.29. The van der Waals surface area contributed by atoms with Gasteiger partial charge in [0.1, 0.15) is 5.82 Å². The fourth-order valence-electron chi connectivity index (χ4n) is 1.39. The van der Waals surface area contributed by atoms with Gasteiger partial charge in [-0.3, -0.25) is 4.98 Å². The van der Waals surface area contributed by atoms with E-state index in [1.165, 1.54) is 5.56 Å². The summed E-state index contributed by atoms with van der Waals surface area (Å²) in [5.41, 5.74) is 1.18. The highest BCUT2D eigenvalue weighted by Crippen LogP contribution is 2.09. The summed E-state index contributed by atoms with van der Waals surface area (Å²) >= 11 is 0. The van der Waals surface area contributed by atoms with Crippen LogP contribution in [0.15, 0.2) is 36.9 Å². The first-order chi connectivity index (χ1) is 7.36. The predicted molar refractivity (Wildman–Crippen MR) is 58.1 cm³/mol. The number of hydrogen-bond acceptors (Lipinski definition) is 3. The molecule has 15 heavy (non-hydrogen) atoms. The molecule has 0 saturated carbocycles. The number of nitrogens with one attached hydrogen (secondary N) is 2. The third kappa shape index (κ3) is 2.63. The Morgan fingerprint density at radius 3 is 3.07 bits per heavy atom. The van der Waals surface area contributed by atoms with Crippen molar-refractivity contribution in [3.8, 4) is 0 Å². The average molecular weight is 202 g/mol. The maximum atomic E-state index is 4.15. The molecule has 2 rings (SSSR count). The molecule has 0 aliphatic heterocycles. The number of rotatable bonds is 4. The lowest BCUT2D eigenvalue weighted by atomic mass is 10.1. The third-order valence-electron chi connectivity index (χ3n) is 2.31. The van der Waals surface area contributed by atoms with Crippen LogP contribution in [0.1, 0.15) is 24.4 Å². The van der Waals surface area contributed by atoms with Crippen LogP contribution in [0.2, 0.25) is 0 Å². The number of aromatic nitrogens is 3. The van der Waals surface area contributed by atoms with E-state index in [9.17, 15) is 0 Å². The maximum absolute atomic E-state index is 4.15. The van der Waals surface area contributed by atoms with Crippen molar-refractivity contribution in [2.24, 2.45) is 0 Å². The minimum Gasteiger partial charge on any atom is -0.348 e. The van der Waals surface area contributed by atoms with Gasteiger partial charge in [-0.05, 0) is 18.6 Å². The molecule has 2 heterocycles. The van der Waals surface area contributed by atoms with Gasteiger partial charge in [-0.15, -0.1) is 0 Å². The topological polar surface area (TPSA) is 53.6 Å². The summed E-state index contributed by atoms with van der Waals surface area (Å²) in [4.78, 5) is 11.3. The van der Waals surface area contributed by atoms with E-state index in [-0.39, 0.29) is 6.04 Å². The van der Waals surface area contributed by atoms with Gasteiger partial charge in [0.25, 0.3) is 0 Å². The fraction of sp³-hybridized carbons (Fsp3) is 0.273. The summed E-state index contributed by atoms with van der Waals surface area (Å²) in [5.74, 6) is 0.950. The molecule has 0 amide bonds. The van der Waals surface area contributed by atoms with Crippen LogP contribution in [0.3, 0.4) is 0 Å². The normalized spacial score (nSPS) is 12.6. The Balaban J connectivity index is 1.90. The Hall–Kier alpha value is -1.68. The Morgan fingerprint density at radius 1 is 1.47 bits per heavy atom. The van der Waals surface area contributed by atoms with Crippen molar-refractivity contribution in [3.05, 3.63) is 48.3 Å². The van der Waals surface area contributed by atoms with E-state index in [2.05, 4.69) is 33.3 Å². The lowest BCUT2D eigenvalue weighted by Gasteiger charge is -2.12. The molecule has 2 aromatic rings. The molecule has 0 bridgehead atoms. The van der Waals surface area contributed by atoms with E-state index in [1.807, 2.05) is 18.5 Å². The van der Waals surface area contributed by atoms with E-state index in [0.717, 1.165) is 12.4 Å². The molecule has 0 unspecified atom stereocenters. The molecule has 0 fully saturated rings. The summed E-state index contributed by atoms with van der Waals surface area (Å²) < 4.78 is 0. The largest absolute Gasteiger partial charge is 0.348 e. The minimum atomic E-state index is 0.281. The highest BCUT2D eigenvalue weighted by atomic mass is 15.0. The molecular formula is C11H14N4. The lowest BCUT2D eigenvalue weighted by molar-refractivity contribution is 0.560. The third-order valence-corrected chi connectivity index (χ3v) is 2.31. The quantitative estimate of drug-likeness (QED) is 0.792. The van der Waals surface area contributed by atoms with Crippen LogP contribution in [0.5, 0.6) is 0 Å². The van der Waals surface area contributed by atoms with Crippen LogP contribution in [0.25, 0.3) is 0 Å². The van der Waals surface area contributed by atoms with Gasteiger partial charge in [-0.25, -0.2) is 4.98 Å². The summed E-state index contributed by atoms with van der Waals surface area (Å²) in [6.07, 6.45) is 7.24. The van der Waals surface area contributed by atoms with E-state index in [4.69, 9.17) is 0 Å². The molecule has 4 nitrogen and oxygen atoms in total. The highest BCUT2D eigenvalue weighted by molar-refractivity contribution is 5.12. The average Bonchev–Trinajstić information content (AvgIpc) is 2.80. The highest BCUT2D eigenvalue weighted by Gasteiger charge is 2.04. The van der Waals surface area contributed by atoms with E-state index in [0.29, 0.717) is 0 Å². The van der Waals surface area contributed by atoms with Crippen molar-refractivity contribution in [1.82, 2.24) is 20.3 Å². The molecule has 78 valence electrons. The molecule has 0 aromatic carbocycles. The zero-order chi connectivity index (χ0) is 10.5.